The van der Waals surface area contributed by atoms with Gasteiger partial charge in [0.2, 0.25) is 5.91 Å². The number of esters is 1. The van der Waals surface area contributed by atoms with E-state index in [-0.39, 0.29) is 56.7 Å². The molecule has 414 valence electrons. The number of hydrogen-bond acceptors (Lipinski definition) is 19. The minimum absolute atomic E-state index is 0.00464. The van der Waals surface area contributed by atoms with Crippen molar-refractivity contribution in [2.24, 2.45) is 23.7 Å². The Morgan fingerprint density at radius 3 is 2.18 bits per heavy atom. The molecule has 0 spiro atoms. The normalized spacial score (nSPS) is 39.3. The van der Waals surface area contributed by atoms with Gasteiger partial charge < -0.3 is 58.5 Å². The molecule has 3 saturated heterocycles. The number of Topliss-reactive ketones (excluding diaryl/α,β-unsaturated/α-hetero) is 1. The first-order valence-electron chi connectivity index (χ1n) is 25.6. The number of methoxy groups -OCH3 is 2. The second-order valence-corrected chi connectivity index (χ2v) is 22.0. The molecule has 5 rings (SSSR count). The summed E-state index contributed by atoms with van der Waals surface area (Å²) in [6, 6.07) is 7.39. The molecule has 1 amide bonds. The largest absolute Gasteiger partial charge is 0.459 e. The lowest BCUT2D eigenvalue weighted by Gasteiger charge is -2.54. The molecule has 21 heteroatoms. The number of likely N-dealkylation sites (N-methyl/N-ethyl adjacent to an activating group) is 2. The molecule has 0 aliphatic carbocycles. The van der Waals surface area contributed by atoms with Crippen molar-refractivity contribution >= 4 is 17.7 Å². The third-order valence-corrected chi connectivity index (χ3v) is 16.2. The predicted octanol–water partition coefficient (Wildman–Crippen LogP) is 3.10. The standard InChI is InChI=1S/C52H86N6O15/c1-16-39-51(10,64)45(62)31(4)42(60)29(2)24-49(8,67-14)46(73-48-43(61)38(56(11)12)23-30(3)69-48)32(5)44(33(6)47(63)71-39)72-41-25-50(9,68-15)52(65,34(7)70-41)28-57(13)26-35-17-19-36(20-18-35)37-27-58(55-53-37)22-21-40(59)54-66/h17-20,27,29-34,38-39,41,43-46,48,61-62,64-66H,16,21-26,28H2,1-15H3,(H,54,59)/t29-,30+,31+,32-,33-,34-,38-,39-,41-,43+,44+,45+,46-,48-,49-,50+,51-,52-/m0/s1. The Balaban J connectivity index is 1.46. The zero-order valence-corrected chi connectivity index (χ0v) is 45.7. The van der Waals surface area contributed by atoms with Gasteiger partial charge in [-0.15, -0.1) is 5.10 Å². The summed E-state index contributed by atoms with van der Waals surface area (Å²) in [5.74, 6) is -5.33. The number of aromatic nitrogens is 3. The molecule has 3 aliphatic rings. The molecular weight excluding hydrogens is 949 g/mol. The molecule has 18 atom stereocenters. The maximum absolute atomic E-state index is 14.6. The molecule has 0 unspecified atom stereocenters. The Bertz CT molecular complexity index is 2130. The van der Waals surface area contributed by atoms with Gasteiger partial charge in [-0.3, -0.25) is 29.2 Å². The lowest BCUT2D eigenvalue weighted by Crippen LogP contribution is -2.70. The highest BCUT2D eigenvalue weighted by atomic mass is 16.7. The average molecular weight is 1040 g/mol. The highest BCUT2D eigenvalue weighted by Gasteiger charge is 2.59. The molecule has 3 aliphatic heterocycles. The van der Waals surface area contributed by atoms with Crippen LogP contribution in [0.15, 0.2) is 30.5 Å². The molecule has 73 heavy (non-hydrogen) atoms. The summed E-state index contributed by atoms with van der Waals surface area (Å²) >= 11 is 0. The number of aliphatic hydroxyl groups is 4. The number of amides is 1. The summed E-state index contributed by atoms with van der Waals surface area (Å²) in [5.41, 5.74) is -2.25. The van der Waals surface area contributed by atoms with Crippen molar-refractivity contribution < 1.29 is 73.2 Å². The smallest absolute Gasteiger partial charge is 0.311 e. The molecule has 0 radical (unpaired) electrons. The van der Waals surface area contributed by atoms with Gasteiger partial charge in [0.05, 0.1) is 54.8 Å². The number of benzene rings is 1. The Labute approximate surface area is 431 Å². The number of ketones is 1. The lowest BCUT2D eigenvalue weighted by molar-refractivity contribution is -0.339. The van der Waals surface area contributed by atoms with Crippen molar-refractivity contribution in [3.8, 4) is 11.3 Å². The third-order valence-electron chi connectivity index (χ3n) is 16.2. The quantitative estimate of drug-likeness (QED) is 0.0801. The Hall–Kier alpha value is -3.55. The molecule has 6 N–H and O–H groups in total. The third kappa shape index (κ3) is 13.4. The van der Waals surface area contributed by atoms with Gasteiger partial charge in [-0.1, -0.05) is 57.2 Å². The van der Waals surface area contributed by atoms with Crippen molar-refractivity contribution in [2.45, 2.75) is 198 Å². The fraction of sp³-hybridized carbons (Fsp3) is 0.788. The first kappa shape index (κ1) is 60.3. The first-order chi connectivity index (χ1) is 34.1. The summed E-state index contributed by atoms with van der Waals surface area (Å²) in [7, 11) is 8.64. The van der Waals surface area contributed by atoms with Crippen LogP contribution in [0.3, 0.4) is 0 Å². The molecule has 2 aromatic rings. The van der Waals surface area contributed by atoms with Gasteiger partial charge in [0.25, 0.3) is 0 Å². The minimum atomic E-state index is -2.02. The van der Waals surface area contributed by atoms with Gasteiger partial charge in [-0.05, 0) is 87.5 Å². The van der Waals surface area contributed by atoms with Crippen LogP contribution in [0, 0.1) is 23.7 Å². The van der Waals surface area contributed by atoms with E-state index in [2.05, 4.69) is 10.3 Å². The number of carbonyl (C=O) groups is 3. The van der Waals surface area contributed by atoms with Crippen LogP contribution in [0.25, 0.3) is 11.3 Å². The van der Waals surface area contributed by atoms with Crippen molar-refractivity contribution in [1.82, 2.24) is 30.3 Å². The van der Waals surface area contributed by atoms with Crippen LogP contribution in [0.4, 0.5) is 0 Å². The molecule has 21 nitrogen and oxygen atoms in total. The number of cyclic esters (lactones) is 1. The second-order valence-electron chi connectivity index (χ2n) is 22.0. The Morgan fingerprint density at radius 2 is 1.59 bits per heavy atom. The van der Waals surface area contributed by atoms with Gasteiger partial charge in [0, 0.05) is 69.5 Å². The van der Waals surface area contributed by atoms with E-state index in [9.17, 15) is 34.8 Å². The molecule has 0 saturated carbocycles. The summed E-state index contributed by atoms with van der Waals surface area (Å²) in [5, 5.41) is 65.1. The zero-order valence-electron chi connectivity index (χ0n) is 45.7. The summed E-state index contributed by atoms with van der Waals surface area (Å²) in [4.78, 5) is 44.2. The highest BCUT2D eigenvalue weighted by Crippen LogP contribution is 2.45. The first-order valence-corrected chi connectivity index (χ1v) is 25.6. The number of ether oxygens (including phenoxy) is 7. The molecule has 0 bridgehead atoms. The van der Waals surface area contributed by atoms with Crippen molar-refractivity contribution in [1.29, 1.82) is 0 Å². The van der Waals surface area contributed by atoms with Crippen molar-refractivity contribution in [2.75, 3.05) is 41.9 Å². The highest BCUT2D eigenvalue weighted by molar-refractivity contribution is 5.83. The van der Waals surface area contributed by atoms with E-state index < -0.39 is 107 Å². The fourth-order valence-corrected chi connectivity index (χ4v) is 11.3. The van der Waals surface area contributed by atoms with Gasteiger partial charge in [0.15, 0.2) is 12.6 Å². The van der Waals surface area contributed by atoms with Gasteiger partial charge >= 0.3 is 5.97 Å². The van der Waals surface area contributed by atoms with Crippen molar-refractivity contribution in [3.05, 3.63) is 36.0 Å². The number of nitrogens with one attached hydrogen (secondary N) is 1. The predicted molar refractivity (Wildman–Crippen MR) is 266 cm³/mol. The minimum Gasteiger partial charge on any atom is -0.459 e. The number of aryl methyl sites for hydroxylation is 1. The summed E-state index contributed by atoms with van der Waals surface area (Å²) in [6.07, 6.45) is -7.05. The number of rotatable bonds is 16. The van der Waals surface area contributed by atoms with Gasteiger partial charge in [-0.2, -0.15) is 0 Å². The maximum atomic E-state index is 14.6. The summed E-state index contributed by atoms with van der Waals surface area (Å²) in [6.45, 7) is 17.9. The van der Waals surface area contributed by atoms with Crippen LogP contribution in [0.2, 0.25) is 0 Å². The molecular formula is C52H86N6O15. The summed E-state index contributed by atoms with van der Waals surface area (Å²) < 4.78 is 47.1. The molecule has 4 heterocycles. The molecule has 3 fully saturated rings. The lowest BCUT2D eigenvalue weighted by atomic mass is 9.73. The number of hydroxylamine groups is 1. The zero-order chi connectivity index (χ0) is 54.5. The van der Waals surface area contributed by atoms with Crippen LogP contribution in [-0.4, -0.2) is 194 Å². The number of hydrogen-bond donors (Lipinski definition) is 6. The van der Waals surface area contributed by atoms with Crippen LogP contribution in [0.1, 0.15) is 107 Å². The van der Waals surface area contributed by atoms with Gasteiger partial charge in [-0.25, -0.2) is 5.48 Å². The van der Waals surface area contributed by atoms with E-state index in [1.54, 1.807) is 60.1 Å². The Morgan fingerprint density at radius 1 is 0.932 bits per heavy atom. The molecule has 1 aromatic carbocycles. The monoisotopic (exact) mass is 1030 g/mol. The van der Waals surface area contributed by atoms with Gasteiger partial charge in [0.1, 0.15) is 40.5 Å². The van der Waals surface area contributed by atoms with Crippen molar-refractivity contribution in [3.63, 3.8) is 0 Å². The number of carbonyl (C=O) groups excluding carboxylic acids is 3. The van der Waals surface area contributed by atoms with E-state index in [4.69, 9.17) is 38.4 Å². The topological polar surface area (TPSA) is 266 Å². The van der Waals surface area contributed by atoms with E-state index in [1.165, 1.54) is 25.8 Å². The maximum Gasteiger partial charge on any atom is 0.311 e. The van der Waals surface area contributed by atoms with Crippen LogP contribution >= 0.6 is 0 Å². The van der Waals surface area contributed by atoms with Crippen LogP contribution in [0.5, 0.6) is 0 Å². The van der Waals surface area contributed by atoms with E-state index in [1.807, 2.05) is 69.1 Å². The SMILES string of the molecule is CC[C@@H]1OC(=O)[C@@H](C)[C@H](O[C@H]2C[C@@](C)(OC)[C@](O)(CN(C)Cc3ccc(-c4cn(CCC(=O)NO)nn4)cc3)[C@H](C)O2)[C@H](C)[C@H](O[C@@H]2O[C@H](C)C[C@H](N(C)C)[C@H]2O)[C@@](C)(OC)C[C@H](C)C(=O)[C@@H](C)[C@@H](O)[C@@]1(C)O. The second kappa shape index (κ2) is 24.6. The number of aliphatic hydroxyl groups excluding tert-OH is 2. The Kier molecular flexibility index (Phi) is 20.3. The molecule has 1 aromatic heterocycles. The van der Waals surface area contributed by atoms with Crippen LogP contribution in [-0.2, 0) is 60.6 Å². The van der Waals surface area contributed by atoms with E-state index >= 15 is 0 Å². The average Bonchev–Trinajstić information content (AvgIpc) is 3.83. The fourth-order valence-electron chi connectivity index (χ4n) is 11.3. The van der Waals surface area contributed by atoms with E-state index in [0.29, 0.717) is 18.7 Å². The van der Waals surface area contributed by atoms with E-state index in [0.717, 1.165) is 11.1 Å². The van der Waals surface area contributed by atoms with Crippen LogP contribution < -0.4 is 5.48 Å². The number of nitrogens with zero attached hydrogens (tertiary/aromatic N) is 5.